The van der Waals surface area contributed by atoms with Crippen molar-refractivity contribution in [3.63, 3.8) is 0 Å². The van der Waals surface area contributed by atoms with Crippen molar-refractivity contribution < 1.29 is 14.3 Å². The first-order chi connectivity index (χ1) is 16.9. The van der Waals surface area contributed by atoms with E-state index in [1.165, 1.54) is 29.8 Å². The number of carbonyl (C=O) groups is 1. The predicted octanol–water partition coefficient (Wildman–Crippen LogP) is 4.16. The molecule has 2 heterocycles. The highest BCUT2D eigenvalue weighted by Gasteiger charge is 2.28. The van der Waals surface area contributed by atoms with Gasteiger partial charge in [-0.1, -0.05) is 36.8 Å². The predicted molar refractivity (Wildman–Crippen MR) is 136 cm³/mol. The van der Waals surface area contributed by atoms with Gasteiger partial charge in [0, 0.05) is 26.1 Å². The van der Waals surface area contributed by atoms with E-state index < -0.39 is 0 Å². The fraction of sp³-hybridized carbons (Fsp3) is 0.481. The molecule has 1 aromatic heterocycles. The van der Waals surface area contributed by atoms with E-state index in [1.54, 1.807) is 11.9 Å². The van der Waals surface area contributed by atoms with E-state index in [-0.39, 0.29) is 18.8 Å². The Morgan fingerprint density at radius 1 is 1.11 bits per heavy atom. The number of nitrogens with two attached hydrogens (primary N) is 2. The third-order valence-corrected chi connectivity index (χ3v) is 6.95. The molecule has 1 aromatic carbocycles. The van der Waals surface area contributed by atoms with Crippen molar-refractivity contribution in [1.29, 1.82) is 0 Å². The smallest absolute Gasteiger partial charge is 0.410 e. The lowest BCUT2D eigenvalue weighted by Crippen LogP contribution is -2.34. The highest BCUT2D eigenvalue weighted by molar-refractivity contribution is 5.69. The van der Waals surface area contributed by atoms with Crippen molar-refractivity contribution in [2.45, 2.75) is 57.5 Å². The molecule has 0 spiro atoms. The Labute approximate surface area is 207 Å². The SMILES string of the molecule is Cc1nc(/C(N)=C(\COC(=O)N2CCC(c3ccccc3)C2)N(C)N)ccc1OC1CCCCC1. The number of hydrazine groups is 1. The number of pyridine rings is 1. The van der Waals surface area contributed by atoms with E-state index in [4.69, 9.17) is 21.1 Å². The number of nitrogens with zero attached hydrogens (tertiary/aromatic N) is 3. The number of hydrogen-bond acceptors (Lipinski definition) is 7. The Hall–Kier alpha value is -3.26. The van der Waals surface area contributed by atoms with Crippen LogP contribution >= 0.6 is 0 Å². The van der Waals surface area contributed by atoms with E-state index in [2.05, 4.69) is 17.1 Å². The maximum Gasteiger partial charge on any atom is 0.410 e. The third-order valence-electron chi connectivity index (χ3n) is 6.95. The number of hydrogen-bond donors (Lipinski definition) is 2. The summed E-state index contributed by atoms with van der Waals surface area (Å²) in [6.07, 6.45) is 6.66. The summed E-state index contributed by atoms with van der Waals surface area (Å²) in [7, 11) is 1.67. The van der Waals surface area contributed by atoms with Crippen LogP contribution in [0.5, 0.6) is 5.75 Å². The second kappa shape index (κ2) is 11.4. The molecule has 1 aliphatic heterocycles. The normalized spacial score (nSPS) is 19.3. The van der Waals surface area contributed by atoms with Gasteiger partial charge < -0.3 is 25.1 Å². The molecule has 1 unspecified atom stereocenters. The van der Waals surface area contributed by atoms with Crippen LogP contribution in [0.4, 0.5) is 4.79 Å². The standard InChI is InChI=1S/C27H37N5O3/c1-19-25(35-22-11-7-4-8-12-22)14-13-23(30-19)26(28)24(31(2)29)18-34-27(33)32-16-15-21(17-32)20-9-5-3-6-10-20/h3,5-6,9-10,13-14,21-22H,4,7-8,11-12,15-18,28-29H2,1-2H3/b26-24-. The average Bonchev–Trinajstić information content (AvgIpc) is 3.37. The summed E-state index contributed by atoms with van der Waals surface area (Å²) in [5, 5.41) is 1.38. The molecule has 188 valence electrons. The Morgan fingerprint density at radius 3 is 2.54 bits per heavy atom. The van der Waals surface area contributed by atoms with Gasteiger partial charge >= 0.3 is 6.09 Å². The Balaban J connectivity index is 1.39. The van der Waals surface area contributed by atoms with Crippen molar-refractivity contribution in [3.8, 4) is 5.75 Å². The molecule has 1 aliphatic carbocycles. The van der Waals surface area contributed by atoms with Crippen LogP contribution in [0.2, 0.25) is 0 Å². The molecule has 0 bridgehead atoms. The van der Waals surface area contributed by atoms with E-state index in [0.29, 0.717) is 36.1 Å². The fourth-order valence-electron chi connectivity index (χ4n) is 4.85. The van der Waals surface area contributed by atoms with Crippen LogP contribution < -0.4 is 16.3 Å². The van der Waals surface area contributed by atoms with Crippen molar-refractivity contribution in [3.05, 3.63) is 65.1 Å². The lowest BCUT2D eigenvalue weighted by molar-refractivity contribution is 0.112. The first kappa shape index (κ1) is 24.9. The van der Waals surface area contributed by atoms with Gasteiger partial charge in [0.2, 0.25) is 0 Å². The molecule has 2 aliphatic rings. The van der Waals surface area contributed by atoms with Gasteiger partial charge in [0.15, 0.2) is 0 Å². The van der Waals surface area contributed by atoms with Gasteiger partial charge in [0.05, 0.1) is 28.9 Å². The lowest BCUT2D eigenvalue weighted by atomic mass is 9.98. The molecular formula is C27H37N5O3. The third kappa shape index (κ3) is 6.25. The molecular weight excluding hydrogens is 442 g/mol. The molecule has 1 saturated heterocycles. The zero-order valence-corrected chi connectivity index (χ0v) is 20.8. The van der Waals surface area contributed by atoms with Crippen LogP contribution in [-0.4, -0.2) is 53.8 Å². The summed E-state index contributed by atoms with van der Waals surface area (Å²) in [5.41, 5.74) is 9.89. The summed E-state index contributed by atoms with van der Waals surface area (Å²) in [6, 6.07) is 14.0. The molecule has 8 nitrogen and oxygen atoms in total. The van der Waals surface area contributed by atoms with Crippen LogP contribution in [0.25, 0.3) is 5.70 Å². The number of likely N-dealkylation sites (N-methyl/N-ethyl adjacent to an activating group) is 1. The summed E-state index contributed by atoms with van der Waals surface area (Å²) in [5.74, 6) is 7.15. The number of amides is 1. The topological polar surface area (TPSA) is 107 Å². The van der Waals surface area contributed by atoms with Crippen molar-refractivity contribution in [1.82, 2.24) is 14.9 Å². The van der Waals surface area contributed by atoms with E-state index >= 15 is 0 Å². The Morgan fingerprint density at radius 2 is 1.86 bits per heavy atom. The van der Waals surface area contributed by atoms with E-state index in [1.807, 2.05) is 37.3 Å². The quantitative estimate of drug-likeness (QED) is 0.453. The molecule has 1 saturated carbocycles. The first-order valence-electron chi connectivity index (χ1n) is 12.5. The lowest BCUT2D eigenvalue weighted by Gasteiger charge is -2.24. The van der Waals surface area contributed by atoms with Gasteiger partial charge in [0.1, 0.15) is 12.4 Å². The number of aromatic nitrogens is 1. The number of carbonyl (C=O) groups excluding carboxylic acids is 1. The van der Waals surface area contributed by atoms with Crippen LogP contribution in [0.3, 0.4) is 0 Å². The van der Waals surface area contributed by atoms with Gasteiger partial charge in [-0.25, -0.2) is 15.6 Å². The number of rotatable bonds is 7. The van der Waals surface area contributed by atoms with E-state index in [9.17, 15) is 4.79 Å². The summed E-state index contributed by atoms with van der Waals surface area (Å²) in [6.45, 7) is 3.18. The molecule has 2 aromatic rings. The summed E-state index contributed by atoms with van der Waals surface area (Å²) in [4.78, 5) is 19.1. The zero-order valence-electron chi connectivity index (χ0n) is 20.8. The summed E-state index contributed by atoms with van der Waals surface area (Å²) >= 11 is 0. The fourth-order valence-corrected chi connectivity index (χ4v) is 4.85. The average molecular weight is 480 g/mol. The van der Waals surface area contributed by atoms with Crippen LogP contribution in [-0.2, 0) is 4.74 Å². The molecule has 1 amide bonds. The van der Waals surface area contributed by atoms with Crippen molar-refractivity contribution in [2.75, 3.05) is 26.7 Å². The maximum atomic E-state index is 12.7. The molecule has 8 heteroatoms. The first-order valence-corrected chi connectivity index (χ1v) is 12.5. The van der Waals surface area contributed by atoms with Gasteiger partial charge in [-0.2, -0.15) is 0 Å². The van der Waals surface area contributed by atoms with Crippen LogP contribution in [0.15, 0.2) is 48.2 Å². The highest BCUT2D eigenvalue weighted by Crippen LogP contribution is 2.28. The van der Waals surface area contributed by atoms with Gasteiger partial charge in [0.25, 0.3) is 0 Å². The molecule has 1 atom stereocenters. The van der Waals surface area contributed by atoms with Crippen LogP contribution in [0, 0.1) is 6.92 Å². The Kier molecular flexibility index (Phi) is 8.13. The van der Waals surface area contributed by atoms with Gasteiger partial charge in [-0.05, 0) is 56.7 Å². The van der Waals surface area contributed by atoms with Gasteiger partial charge in [-0.15, -0.1) is 0 Å². The number of ether oxygens (including phenoxy) is 2. The molecule has 4 rings (SSSR count). The molecule has 2 fully saturated rings. The Bertz CT molecular complexity index is 1030. The number of aryl methyl sites for hydroxylation is 1. The number of benzene rings is 1. The highest BCUT2D eigenvalue weighted by atomic mass is 16.6. The minimum Gasteiger partial charge on any atom is -0.489 e. The second-order valence-electron chi connectivity index (χ2n) is 9.53. The number of likely N-dealkylation sites (tertiary alicyclic amines) is 1. The van der Waals surface area contributed by atoms with Crippen LogP contribution in [0.1, 0.15) is 61.4 Å². The molecule has 35 heavy (non-hydrogen) atoms. The van der Waals surface area contributed by atoms with Crippen molar-refractivity contribution in [2.24, 2.45) is 11.6 Å². The van der Waals surface area contributed by atoms with E-state index in [0.717, 1.165) is 30.7 Å². The minimum absolute atomic E-state index is 0.0365. The van der Waals surface area contributed by atoms with Crippen molar-refractivity contribution >= 4 is 11.8 Å². The second-order valence-corrected chi connectivity index (χ2v) is 9.53. The maximum absolute atomic E-state index is 12.7. The minimum atomic E-state index is -0.365. The molecule has 4 N–H and O–H groups in total. The largest absolute Gasteiger partial charge is 0.489 e. The molecule has 0 radical (unpaired) electrons. The van der Waals surface area contributed by atoms with Gasteiger partial charge in [-0.3, -0.25) is 0 Å². The monoisotopic (exact) mass is 479 g/mol. The zero-order chi connectivity index (χ0) is 24.8. The summed E-state index contributed by atoms with van der Waals surface area (Å²) < 4.78 is 11.8.